The van der Waals surface area contributed by atoms with Gasteiger partial charge >= 0.3 is 0 Å². The van der Waals surface area contributed by atoms with E-state index in [-0.39, 0.29) is 11.8 Å². The molecule has 3 aliphatic rings. The molecule has 3 nitrogen and oxygen atoms in total. The van der Waals surface area contributed by atoms with Crippen molar-refractivity contribution >= 4 is 5.91 Å². The molecule has 4 rings (SSSR count). The van der Waals surface area contributed by atoms with Gasteiger partial charge in [-0.15, -0.1) is 0 Å². The minimum Gasteiger partial charge on any atom is -0.352 e. The van der Waals surface area contributed by atoms with E-state index in [1.165, 1.54) is 11.1 Å². The van der Waals surface area contributed by atoms with Crippen LogP contribution in [0, 0.1) is 17.8 Å². The fourth-order valence-electron chi connectivity index (χ4n) is 3.84. The van der Waals surface area contributed by atoms with Crippen molar-refractivity contribution in [1.82, 2.24) is 10.6 Å². The van der Waals surface area contributed by atoms with Crippen LogP contribution < -0.4 is 10.6 Å². The van der Waals surface area contributed by atoms with E-state index >= 15 is 0 Å². The highest BCUT2D eigenvalue weighted by Crippen LogP contribution is 2.42. The zero-order chi connectivity index (χ0) is 12.8. The van der Waals surface area contributed by atoms with Crippen molar-refractivity contribution in [2.45, 2.75) is 25.3 Å². The van der Waals surface area contributed by atoms with Crippen molar-refractivity contribution in [2.75, 3.05) is 13.1 Å². The Balaban J connectivity index is 1.40. The maximum absolute atomic E-state index is 12.4. The highest BCUT2D eigenvalue weighted by atomic mass is 16.2. The van der Waals surface area contributed by atoms with Gasteiger partial charge in [-0.2, -0.15) is 0 Å². The molecule has 1 saturated heterocycles. The Hall–Kier alpha value is -1.35. The van der Waals surface area contributed by atoms with Crippen molar-refractivity contribution in [2.24, 2.45) is 17.8 Å². The Bertz CT molecular complexity index is 503. The SMILES string of the molecule is O=C(NC1C2CNCC21)C1CCc2ccccc2C1. The third-order valence-electron chi connectivity index (χ3n) is 5.12. The van der Waals surface area contributed by atoms with Crippen molar-refractivity contribution in [3.8, 4) is 0 Å². The maximum atomic E-state index is 12.4. The normalized spacial score (nSPS) is 35.4. The van der Waals surface area contributed by atoms with E-state index in [1.54, 1.807) is 0 Å². The number of hydrogen-bond acceptors (Lipinski definition) is 2. The molecule has 1 saturated carbocycles. The molecular weight excluding hydrogens is 236 g/mol. The zero-order valence-corrected chi connectivity index (χ0v) is 11.1. The molecule has 19 heavy (non-hydrogen) atoms. The number of rotatable bonds is 2. The van der Waals surface area contributed by atoms with Crippen LogP contribution in [0.25, 0.3) is 0 Å². The van der Waals surface area contributed by atoms with Crippen LogP contribution in [0.15, 0.2) is 24.3 Å². The zero-order valence-electron chi connectivity index (χ0n) is 11.1. The van der Waals surface area contributed by atoms with Crippen LogP contribution in [0.3, 0.4) is 0 Å². The Kier molecular flexibility index (Phi) is 2.62. The third-order valence-corrected chi connectivity index (χ3v) is 5.12. The predicted octanol–water partition coefficient (Wildman–Crippen LogP) is 1.13. The first-order chi connectivity index (χ1) is 9.33. The largest absolute Gasteiger partial charge is 0.352 e. The summed E-state index contributed by atoms with van der Waals surface area (Å²) in [4.78, 5) is 12.4. The molecule has 0 spiro atoms. The van der Waals surface area contributed by atoms with Gasteiger partial charge in [-0.25, -0.2) is 0 Å². The average Bonchev–Trinajstić information content (AvgIpc) is 2.88. The van der Waals surface area contributed by atoms with Crippen LogP contribution >= 0.6 is 0 Å². The lowest BCUT2D eigenvalue weighted by Gasteiger charge is -2.24. The summed E-state index contributed by atoms with van der Waals surface area (Å²) in [6.45, 7) is 2.17. The standard InChI is InChI=1S/C16H20N2O/c19-16(18-15-13-8-17-9-14(13)15)12-6-5-10-3-1-2-4-11(10)7-12/h1-4,12-15,17H,5-9H2,(H,18,19). The lowest BCUT2D eigenvalue weighted by molar-refractivity contribution is -0.125. The number of nitrogens with one attached hydrogen (secondary N) is 2. The molecule has 100 valence electrons. The number of carbonyl (C=O) groups is 1. The molecule has 1 amide bonds. The second kappa shape index (κ2) is 4.34. The van der Waals surface area contributed by atoms with Crippen LogP contribution in [-0.2, 0) is 17.6 Å². The number of piperidine rings is 1. The summed E-state index contributed by atoms with van der Waals surface area (Å²) in [7, 11) is 0. The number of amides is 1. The molecule has 1 heterocycles. The summed E-state index contributed by atoms with van der Waals surface area (Å²) in [5.74, 6) is 1.89. The first-order valence-electron chi connectivity index (χ1n) is 7.41. The minimum atomic E-state index is 0.184. The van der Waals surface area contributed by atoms with Gasteiger partial charge in [0, 0.05) is 25.0 Å². The van der Waals surface area contributed by atoms with E-state index in [9.17, 15) is 4.79 Å². The van der Waals surface area contributed by atoms with Gasteiger partial charge in [0.05, 0.1) is 0 Å². The lowest BCUT2D eigenvalue weighted by Crippen LogP contribution is -2.38. The summed E-state index contributed by atoms with van der Waals surface area (Å²) >= 11 is 0. The smallest absolute Gasteiger partial charge is 0.223 e. The summed E-state index contributed by atoms with van der Waals surface area (Å²) in [5, 5.41) is 6.64. The van der Waals surface area contributed by atoms with Gasteiger partial charge in [0.25, 0.3) is 0 Å². The maximum Gasteiger partial charge on any atom is 0.223 e. The molecule has 2 N–H and O–H groups in total. The monoisotopic (exact) mass is 256 g/mol. The number of benzene rings is 1. The Morgan fingerprint density at radius 1 is 1.16 bits per heavy atom. The van der Waals surface area contributed by atoms with Crippen LogP contribution in [0.1, 0.15) is 17.5 Å². The van der Waals surface area contributed by atoms with Gasteiger partial charge < -0.3 is 10.6 Å². The molecule has 2 aliphatic carbocycles. The fraction of sp³-hybridized carbons (Fsp3) is 0.562. The first kappa shape index (κ1) is 11.5. The second-order valence-electron chi connectivity index (χ2n) is 6.23. The van der Waals surface area contributed by atoms with Crippen molar-refractivity contribution < 1.29 is 4.79 Å². The topological polar surface area (TPSA) is 41.1 Å². The van der Waals surface area contributed by atoms with E-state index in [0.717, 1.165) is 32.4 Å². The van der Waals surface area contributed by atoms with Crippen molar-refractivity contribution in [3.05, 3.63) is 35.4 Å². The molecule has 2 fully saturated rings. The molecule has 0 bridgehead atoms. The highest BCUT2D eigenvalue weighted by molar-refractivity contribution is 5.80. The summed E-state index contributed by atoms with van der Waals surface area (Å²) < 4.78 is 0. The van der Waals surface area contributed by atoms with E-state index in [4.69, 9.17) is 0 Å². The molecular formula is C16H20N2O. The predicted molar refractivity (Wildman–Crippen MR) is 73.7 cm³/mol. The molecule has 3 heteroatoms. The second-order valence-corrected chi connectivity index (χ2v) is 6.23. The number of fused-ring (bicyclic) bond motifs is 2. The Morgan fingerprint density at radius 2 is 1.89 bits per heavy atom. The van der Waals surface area contributed by atoms with Crippen LogP contribution in [-0.4, -0.2) is 25.0 Å². The van der Waals surface area contributed by atoms with Crippen LogP contribution in [0.5, 0.6) is 0 Å². The van der Waals surface area contributed by atoms with Gasteiger partial charge in [0.1, 0.15) is 0 Å². The molecule has 1 aromatic carbocycles. The van der Waals surface area contributed by atoms with Gasteiger partial charge in [-0.3, -0.25) is 4.79 Å². The van der Waals surface area contributed by atoms with Crippen LogP contribution in [0.2, 0.25) is 0 Å². The van der Waals surface area contributed by atoms with E-state index in [2.05, 4.69) is 34.9 Å². The molecule has 3 unspecified atom stereocenters. The quantitative estimate of drug-likeness (QED) is 0.833. The van der Waals surface area contributed by atoms with E-state index in [1.807, 2.05) is 0 Å². The van der Waals surface area contributed by atoms with Crippen molar-refractivity contribution in [3.63, 3.8) is 0 Å². The molecule has 1 aromatic rings. The summed E-state index contributed by atoms with van der Waals surface area (Å²) in [6.07, 6.45) is 2.97. The number of carbonyl (C=O) groups excluding carboxylic acids is 1. The molecule has 3 atom stereocenters. The molecule has 0 aromatic heterocycles. The van der Waals surface area contributed by atoms with Gasteiger partial charge in [0.2, 0.25) is 5.91 Å². The Morgan fingerprint density at radius 3 is 2.68 bits per heavy atom. The van der Waals surface area contributed by atoms with Gasteiger partial charge in [-0.1, -0.05) is 24.3 Å². The number of aryl methyl sites for hydroxylation is 1. The van der Waals surface area contributed by atoms with Gasteiger partial charge in [0.15, 0.2) is 0 Å². The third kappa shape index (κ3) is 1.96. The first-order valence-corrected chi connectivity index (χ1v) is 7.41. The van der Waals surface area contributed by atoms with E-state index in [0.29, 0.717) is 17.9 Å². The summed E-state index contributed by atoms with van der Waals surface area (Å²) in [5.41, 5.74) is 2.80. The lowest BCUT2D eigenvalue weighted by atomic mass is 9.83. The highest BCUT2D eigenvalue weighted by Gasteiger charge is 2.53. The number of hydrogen-bond donors (Lipinski definition) is 2. The minimum absolute atomic E-state index is 0.184. The van der Waals surface area contributed by atoms with Crippen LogP contribution in [0.4, 0.5) is 0 Å². The Labute approximate surface area is 113 Å². The van der Waals surface area contributed by atoms with Crippen molar-refractivity contribution in [1.29, 1.82) is 0 Å². The fourth-order valence-corrected chi connectivity index (χ4v) is 3.84. The van der Waals surface area contributed by atoms with Gasteiger partial charge in [-0.05, 0) is 42.2 Å². The molecule has 1 aliphatic heterocycles. The van der Waals surface area contributed by atoms with E-state index < -0.39 is 0 Å². The average molecular weight is 256 g/mol. The molecule has 0 radical (unpaired) electrons. The summed E-state index contributed by atoms with van der Waals surface area (Å²) in [6, 6.07) is 9.00.